The molecule has 3 N–H and O–H groups in total. The van der Waals surface area contributed by atoms with Gasteiger partial charge in [-0.1, -0.05) is 28.5 Å². The summed E-state index contributed by atoms with van der Waals surface area (Å²) in [6.07, 6.45) is 1.21. The van der Waals surface area contributed by atoms with Crippen molar-refractivity contribution in [1.82, 2.24) is 0 Å². The Labute approximate surface area is 131 Å². The fourth-order valence-electron chi connectivity index (χ4n) is 1.09. The van der Waals surface area contributed by atoms with Crippen LogP contribution in [0.1, 0.15) is 32.6 Å². The first-order valence-corrected chi connectivity index (χ1v) is 8.22. The van der Waals surface area contributed by atoms with E-state index in [1.807, 2.05) is 6.92 Å². The van der Waals surface area contributed by atoms with E-state index in [9.17, 15) is 14.4 Å². The monoisotopic (exact) mass is 372 g/mol. The molecule has 0 aromatic carbocycles. The number of carboxylic acids is 1. The Morgan fingerprint density at radius 3 is 2.32 bits per heavy atom. The lowest BCUT2D eigenvalue weighted by Crippen LogP contribution is -3.00. The van der Waals surface area contributed by atoms with Gasteiger partial charge in [-0.3, -0.25) is 14.4 Å². The molecule has 0 heterocycles. The summed E-state index contributed by atoms with van der Waals surface area (Å²) in [5.41, 5.74) is 5.62. The molecule has 0 saturated carbocycles. The van der Waals surface area contributed by atoms with E-state index in [2.05, 4.69) is 0 Å². The molecule has 0 amide bonds. The van der Waals surface area contributed by atoms with Crippen molar-refractivity contribution in [2.75, 3.05) is 11.5 Å². The van der Waals surface area contributed by atoms with Gasteiger partial charge in [0.25, 0.3) is 0 Å². The van der Waals surface area contributed by atoms with Crippen molar-refractivity contribution >= 4 is 39.1 Å². The molecule has 0 aromatic heterocycles. The second-order valence-corrected chi connectivity index (χ2v) is 6.31. The van der Waals surface area contributed by atoms with Crippen molar-refractivity contribution in [3.8, 4) is 0 Å². The minimum Gasteiger partial charge on any atom is -1.00 e. The summed E-state index contributed by atoms with van der Waals surface area (Å²) in [5.74, 6) is -0.217. The lowest BCUT2D eigenvalue weighted by molar-refractivity contribution is -0.138. The maximum atomic E-state index is 11.4. The van der Waals surface area contributed by atoms with Crippen LogP contribution in [0.4, 0.5) is 0 Å². The summed E-state index contributed by atoms with van der Waals surface area (Å²) in [6, 6.07) is -0.650. The van der Waals surface area contributed by atoms with Crippen LogP contribution in [0.15, 0.2) is 0 Å². The highest BCUT2D eigenvalue weighted by Crippen LogP contribution is 2.22. The molecule has 0 fully saturated rings. The van der Waals surface area contributed by atoms with Gasteiger partial charge in [-0.2, -0.15) is 0 Å². The highest BCUT2D eigenvalue weighted by atomic mass is 79.9. The number of carbonyl (C=O) groups excluding carboxylic acids is 2. The Morgan fingerprint density at radius 1 is 1.16 bits per heavy atom. The van der Waals surface area contributed by atoms with Gasteiger partial charge in [0.05, 0.1) is 18.2 Å². The summed E-state index contributed by atoms with van der Waals surface area (Å²) in [4.78, 5) is 32.9. The molecule has 5 nitrogen and oxygen atoms in total. The zero-order chi connectivity index (χ0) is 14.0. The third kappa shape index (κ3) is 12.7. The Hall–Kier alpha value is -0.0500. The zero-order valence-corrected chi connectivity index (χ0v) is 14.0. The van der Waals surface area contributed by atoms with E-state index in [1.54, 1.807) is 0 Å². The van der Waals surface area contributed by atoms with E-state index in [-0.39, 0.29) is 41.4 Å². The fourth-order valence-corrected chi connectivity index (χ4v) is 3.25. The smallest absolute Gasteiger partial charge is 0.303 e. The van der Waals surface area contributed by atoms with Crippen LogP contribution < -0.4 is 22.7 Å². The number of aliphatic carboxylic acids is 1. The predicted molar refractivity (Wildman–Crippen MR) is 74.7 cm³/mol. The first kappa shape index (κ1) is 21.3. The first-order chi connectivity index (χ1) is 8.47. The number of hydrogen-bond acceptors (Lipinski definition) is 6. The summed E-state index contributed by atoms with van der Waals surface area (Å²) >= 11 is 0. The van der Waals surface area contributed by atoms with Crippen molar-refractivity contribution in [1.29, 1.82) is 0 Å². The molecule has 0 saturated heterocycles. The molecule has 112 valence electrons. The van der Waals surface area contributed by atoms with Crippen molar-refractivity contribution in [2.24, 2.45) is 5.73 Å². The molecule has 0 aromatic rings. The van der Waals surface area contributed by atoms with Crippen LogP contribution in [0.2, 0.25) is 0 Å². The lowest BCUT2D eigenvalue weighted by atomic mass is 10.1. The van der Waals surface area contributed by atoms with Gasteiger partial charge in [-0.15, -0.1) is 0 Å². The quantitative estimate of drug-likeness (QED) is 0.336. The maximum Gasteiger partial charge on any atom is 0.303 e. The van der Waals surface area contributed by atoms with Crippen LogP contribution in [0.25, 0.3) is 0 Å². The van der Waals surface area contributed by atoms with Gasteiger partial charge in [-0.05, 0) is 6.42 Å². The predicted octanol–water partition coefficient (Wildman–Crippen LogP) is -1.50. The number of Topliss-reactive ketones (excluding diaryl/α,β-unsaturated/α-hetero) is 2. The molecular formula is C11H19BrNO4S2-. The molecule has 0 unspecified atom stereocenters. The van der Waals surface area contributed by atoms with Gasteiger partial charge in [0.1, 0.15) is 5.78 Å². The molecule has 0 aliphatic carbocycles. The van der Waals surface area contributed by atoms with Gasteiger partial charge in [-0.25, -0.2) is 0 Å². The van der Waals surface area contributed by atoms with Gasteiger partial charge < -0.3 is 27.8 Å². The minimum absolute atomic E-state index is 0. The molecular weight excluding hydrogens is 354 g/mol. The van der Waals surface area contributed by atoms with E-state index in [4.69, 9.17) is 10.8 Å². The van der Waals surface area contributed by atoms with Crippen molar-refractivity contribution < 1.29 is 36.5 Å². The Morgan fingerprint density at radius 2 is 1.79 bits per heavy atom. The zero-order valence-electron chi connectivity index (χ0n) is 10.8. The van der Waals surface area contributed by atoms with E-state index in [1.165, 1.54) is 21.6 Å². The normalized spacial score (nSPS) is 11.5. The van der Waals surface area contributed by atoms with E-state index in [0.717, 1.165) is 6.42 Å². The molecule has 8 heteroatoms. The van der Waals surface area contributed by atoms with Crippen molar-refractivity contribution in [2.45, 2.75) is 38.6 Å². The average molecular weight is 373 g/mol. The van der Waals surface area contributed by atoms with Crippen LogP contribution >= 0.6 is 21.6 Å². The number of nitrogens with two attached hydrogens (primary N) is 1. The summed E-state index contributed by atoms with van der Waals surface area (Å²) in [7, 11) is 2.77. The van der Waals surface area contributed by atoms with E-state index < -0.39 is 12.0 Å². The molecule has 19 heavy (non-hydrogen) atoms. The maximum absolute atomic E-state index is 11.4. The number of halogens is 1. The highest BCUT2D eigenvalue weighted by molar-refractivity contribution is 8.76. The van der Waals surface area contributed by atoms with Gasteiger partial charge in [0, 0.05) is 18.6 Å². The first-order valence-electron chi connectivity index (χ1n) is 5.73. The second-order valence-electron chi connectivity index (χ2n) is 3.80. The van der Waals surface area contributed by atoms with Crippen LogP contribution in [-0.2, 0) is 14.4 Å². The average Bonchev–Trinajstić information content (AvgIpc) is 2.31. The molecule has 0 radical (unpaired) electrons. The van der Waals surface area contributed by atoms with Crippen LogP contribution in [0.3, 0.4) is 0 Å². The Balaban J connectivity index is 0. The Kier molecular flexibility index (Phi) is 14.5. The van der Waals surface area contributed by atoms with Crippen molar-refractivity contribution in [3.05, 3.63) is 0 Å². The third-order valence-corrected chi connectivity index (χ3v) is 4.44. The van der Waals surface area contributed by atoms with E-state index in [0.29, 0.717) is 17.9 Å². The number of hydrogen-bond donors (Lipinski definition) is 2. The van der Waals surface area contributed by atoms with E-state index >= 15 is 0 Å². The number of ketones is 2. The van der Waals surface area contributed by atoms with Gasteiger partial charge in [0.2, 0.25) is 0 Å². The SMILES string of the molecule is CCCC(=O)CSSC[C@H](N)C(=O)CCC(=O)O.[Br-]. The van der Waals surface area contributed by atoms with Crippen LogP contribution in [0, 0.1) is 0 Å². The van der Waals surface area contributed by atoms with Crippen LogP contribution in [-0.4, -0.2) is 40.2 Å². The largest absolute Gasteiger partial charge is 1.00 e. The molecule has 1 atom stereocenters. The summed E-state index contributed by atoms with van der Waals surface area (Å²) in [6.45, 7) is 1.95. The molecule has 0 rings (SSSR count). The van der Waals surface area contributed by atoms with Crippen molar-refractivity contribution in [3.63, 3.8) is 0 Å². The fraction of sp³-hybridized carbons (Fsp3) is 0.727. The lowest BCUT2D eigenvalue weighted by Gasteiger charge is -2.08. The topological polar surface area (TPSA) is 97.5 Å². The molecule has 0 spiro atoms. The minimum atomic E-state index is -0.997. The molecule has 0 aliphatic rings. The number of rotatable bonds is 11. The molecule has 0 aliphatic heterocycles. The number of carboxylic acid groups (broad SMARTS) is 1. The highest BCUT2D eigenvalue weighted by Gasteiger charge is 2.15. The van der Waals surface area contributed by atoms with Gasteiger partial charge in [0.15, 0.2) is 5.78 Å². The second kappa shape index (κ2) is 13.0. The van der Waals surface area contributed by atoms with Gasteiger partial charge >= 0.3 is 5.97 Å². The number of carbonyl (C=O) groups is 3. The van der Waals surface area contributed by atoms with Crippen LogP contribution in [0.5, 0.6) is 0 Å². The molecule has 0 bridgehead atoms. The summed E-state index contributed by atoms with van der Waals surface area (Å²) < 4.78 is 0. The third-order valence-electron chi connectivity index (χ3n) is 2.08. The Bertz CT molecular complexity index is 302. The standard InChI is InChI=1S/C11H19NO4S2.BrH/c1-2-3-8(13)6-17-18-7-9(12)10(14)4-5-11(15)16;/h9H,2-7,12H2,1H3,(H,15,16);1H/p-1/t9-;/m0./s1. The summed E-state index contributed by atoms with van der Waals surface area (Å²) in [5, 5.41) is 8.43.